The van der Waals surface area contributed by atoms with Crippen LogP contribution in [0.3, 0.4) is 0 Å². The molecular weight excluding hydrogens is 412 g/mol. The summed E-state index contributed by atoms with van der Waals surface area (Å²) in [5.74, 6) is 0.350. The number of anilines is 1. The minimum absolute atomic E-state index is 0.0967. The highest BCUT2D eigenvalue weighted by molar-refractivity contribution is 7.98. The van der Waals surface area contributed by atoms with Gasteiger partial charge in [0.05, 0.1) is 17.1 Å². The third-order valence-corrected chi connectivity index (χ3v) is 6.03. The molecule has 1 fully saturated rings. The van der Waals surface area contributed by atoms with Crippen molar-refractivity contribution in [3.05, 3.63) is 54.4 Å². The van der Waals surface area contributed by atoms with E-state index in [-0.39, 0.29) is 24.4 Å². The topological polar surface area (TPSA) is 85.2 Å². The summed E-state index contributed by atoms with van der Waals surface area (Å²) >= 11 is 1.62. The lowest BCUT2D eigenvalue weighted by atomic mass is 10.2. The zero-order chi connectivity index (χ0) is 21.8. The summed E-state index contributed by atoms with van der Waals surface area (Å²) < 4.78 is 7.35. The molecule has 1 aliphatic rings. The van der Waals surface area contributed by atoms with Crippen molar-refractivity contribution in [1.82, 2.24) is 14.9 Å². The quantitative estimate of drug-likeness (QED) is 0.549. The number of hydrogen-bond donors (Lipinski definition) is 2. The number of hydrogen-bond acceptors (Lipinski definition) is 5. The number of fused-ring (bicyclic) bond motifs is 1. The Bertz CT molecular complexity index is 1090. The minimum atomic E-state index is -0.410. The molecule has 0 saturated carbocycles. The summed E-state index contributed by atoms with van der Waals surface area (Å²) in [6.07, 6.45) is 3.21. The molecule has 2 heterocycles. The summed E-state index contributed by atoms with van der Waals surface area (Å²) in [6, 6.07) is 15.0. The van der Waals surface area contributed by atoms with Crippen molar-refractivity contribution in [2.75, 3.05) is 18.2 Å². The number of nitrogens with zero attached hydrogens (tertiary/aromatic N) is 2. The normalized spacial score (nSPS) is 16.9. The van der Waals surface area contributed by atoms with Crippen LogP contribution in [-0.4, -0.2) is 40.3 Å². The van der Waals surface area contributed by atoms with Gasteiger partial charge in [0, 0.05) is 17.2 Å². The highest BCUT2D eigenvalue weighted by Crippen LogP contribution is 2.23. The molecule has 4 rings (SSSR count). The number of amides is 2. The molecule has 2 atom stereocenters. The predicted molar refractivity (Wildman–Crippen MR) is 122 cm³/mol. The minimum Gasteiger partial charge on any atom is -0.368 e. The standard InChI is InChI=1S/C23H26N4O3S/c1-15(24-23(29)20-11-6-12-30-20)22-26-18-9-3-4-10-19(18)27(22)14-21(28)25-16-7-5-8-17(13-16)31-2/h3-5,7-10,13,15,20H,6,11-12,14H2,1-2H3,(H,24,29)(H,25,28). The number of benzene rings is 2. The lowest BCUT2D eigenvalue weighted by molar-refractivity contribution is -0.130. The van der Waals surface area contributed by atoms with Crippen LogP contribution in [0.25, 0.3) is 11.0 Å². The molecule has 0 bridgehead atoms. The molecule has 2 unspecified atom stereocenters. The highest BCUT2D eigenvalue weighted by Gasteiger charge is 2.27. The van der Waals surface area contributed by atoms with Crippen molar-refractivity contribution in [1.29, 1.82) is 0 Å². The molecule has 1 saturated heterocycles. The zero-order valence-electron chi connectivity index (χ0n) is 17.6. The van der Waals surface area contributed by atoms with Gasteiger partial charge in [0.25, 0.3) is 0 Å². The number of nitrogens with one attached hydrogen (secondary N) is 2. The maximum Gasteiger partial charge on any atom is 0.249 e. The Kier molecular flexibility index (Phi) is 6.58. The Morgan fingerprint density at radius 2 is 2.10 bits per heavy atom. The Morgan fingerprint density at radius 1 is 1.26 bits per heavy atom. The molecule has 0 spiro atoms. The summed E-state index contributed by atoms with van der Waals surface area (Å²) in [5.41, 5.74) is 2.39. The monoisotopic (exact) mass is 438 g/mol. The first-order valence-electron chi connectivity index (χ1n) is 10.4. The number of ether oxygens (including phenoxy) is 1. The molecule has 2 amide bonds. The van der Waals surface area contributed by atoms with Crippen molar-refractivity contribution >= 4 is 40.3 Å². The van der Waals surface area contributed by atoms with E-state index in [1.165, 1.54) is 0 Å². The van der Waals surface area contributed by atoms with E-state index in [9.17, 15) is 9.59 Å². The summed E-state index contributed by atoms with van der Waals surface area (Å²) in [4.78, 5) is 31.2. The van der Waals surface area contributed by atoms with Gasteiger partial charge in [-0.05, 0) is 56.4 Å². The van der Waals surface area contributed by atoms with Gasteiger partial charge >= 0.3 is 0 Å². The number of thioether (sulfide) groups is 1. The molecule has 7 nitrogen and oxygen atoms in total. The van der Waals surface area contributed by atoms with Crippen molar-refractivity contribution < 1.29 is 14.3 Å². The smallest absolute Gasteiger partial charge is 0.249 e. The maximum absolute atomic E-state index is 12.9. The highest BCUT2D eigenvalue weighted by atomic mass is 32.2. The number of aromatic nitrogens is 2. The van der Waals surface area contributed by atoms with Gasteiger partial charge in [0.2, 0.25) is 11.8 Å². The van der Waals surface area contributed by atoms with Gasteiger partial charge < -0.3 is 19.9 Å². The number of para-hydroxylation sites is 2. The van der Waals surface area contributed by atoms with E-state index in [2.05, 4.69) is 10.6 Å². The van der Waals surface area contributed by atoms with E-state index in [1.54, 1.807) is 11.8 Å². The van der Waals surface area contributed by atoms with Gasteiger partial charge in [-0.2, -0.15) is 0 Å². The second-order valence-corrected chi connectivity index (χ2v) is 8.44. The molecule has 31 heavy (non-hydrogen) atoms. The summed E-state index contributed by atoms with van der Waals surface area (Å²) in [6.45, 7) is 2.59. The average molecular weight is 439 g/mol. The average Bonchev–Trinajstić information content (AvgIpc) is 3.43. The van der Waals surface area contributed by atoms with Crippen LogP contribution in [0.15, 0.2) is 53.4 Å². The Hall–Kier alpha value is -2.84. The van der Waals surface area contributed by atoms with Crippen LogP contribution in [0.4, 0.5) is 5.69 Å². The van der Waals surface area contributed by atoms with Gasteiger partial charge in [-0.15, -0.1) is 11.8 Å². The van der Waals surface area contributed by atoms with Gasteiger partial charge in [0.15, 0.2) is 0 Å². The van der Waals surface area contributed by atoms with Gasteiger partial charge in [-0.1, -0.05) is 18.2 Å². The van der Waals surface area contributed by atoms with E-state index in [0.29, 0.717) is 12.4 Å². The second kappa shape index (κ2) is 9.53. The fraction of sp³-hybridized carbons (Fsp3) is 0.348. The largest absolute Gasteiger partial charge is 0.368 e. The van der Waals surface area contributed by atoms with Crippen molar-refractivity contribution in [2.24, 2.45) is 0 Å². The molecule has 2 aromatic carbocycles. The number of carbonyl (C=O) groups excluding carboxylic acids is 2. The molecule has 2 N–H and O–H groups in total. The van der Waals surface area contributed by atoms with Crippen LogP contribution in [0, 0.1) is 0 Å². The first-order valence-corrected chi connectivity index (χ1v) is 11.6. The molecule has 3 aromatic rings. The lowest BCUT2D eigenvalue weighted by Crippen LogP contribution is -2.37. The van der Waals surface area contributed by atoms with Gasteiger partial charge in [0.1, 0.15) is 18.5 Å². The maximum atomic E-state index is 12.9. The van der Waals surface area contributed by atoms with Gasteiger partial charge in [-0.25, -0.2) is 4.98 Å². The van der Waals surface area contributed by atoms with E-state index in [1.807, 2.05) is 66.3 Å². The molecule has 0 aliphatic carbocycles. The van der Waals surface area contributed by atoms with Crippen molar-refractivity contribution in [3.8, 4) is 0 Å². The number of rotatable bonds is 7. The van der Waals surface area contributed by atoms with Crippen LogP contribution in [0.1, 0.15) is 31.6 Å². The lowest BCUT2D eigenvalue weighted by Gasteiger charge is -2.18. The summed E-state index contributed by atoms with van der Waals surface area (Å²) in [7, 11) is 0. The van der Waals surface area contributed by atoms with Gasteiger partial charge in [-0.3, -0.25) is 9.59 Å². The predicted octanol–water partition coefficient (Wildman–Crippen LogP) is 3.75. The third kappa shape index (κ3) is 4.91. The van der Waals surface area contributed by atoms with E-state index < -0.39 is 6.10 Å². The van der Waals surface area contributed by atoms with Crippen LogP contribution in [0.2, 0.25) is 0 Å². The number of carbonyl (C=O) groups is 2. The molecule has 8 heteroatoms. The molecule has 1 aliphatic heterocycles. The number of imidazole rings is 1. The van der Waals surface area contributed by atoms with Crippen molar-refractivity contribution in [3.63, 3.8) is 0 Å². The zero-order valence-corrected chi connectivity index (χ0v) is 18.4. The van der Waals surface area contributed by atoms with Crippen LogP contribution < -0.4 is 10.6 Å². The molecule has 1 aromatic heterocycles. The SMILES string of the molecule is CSc1cccc(NC(=O)Cn2c(C(C)NC(=O)C3CCCO3)nc3ccccc32)c1. The van der Waals surface area contributed by atoms with E-state index in [0.717, 1.165) is 34.5 Å². The summed E-state index contributed by atoms with van der Waals surface area (Å²) in [5, 5.41) is 5.96. The fourth-order valence-electron chi connectivity index (χ4n) is 3.79. The Morgan fingerprint density at radius 3 is 2.87 bits per heavy atom. The molecular formula is C23H26N4O3S. The fourth-order valence-corrected chi connectivity index (χ4v) is 4.25. The first kappa shape index (κ1) is 21.4. The first-order chi connectivity index (χ1) is 15.0. The van der Waals surface area contributed by atoms with Crippen molar-refractivity contribution in [2.45, 2.75) is 43.4 Å². The Balaban J connectivity index is 1.55. The van der Waals surface area contributed by atoms with Crippen LogP contribution >= 0.6 is 11.8 Å². The van der Waals surface area contributed by atoms with E-state index >= 15 is 0 Å². The molecule has 0 radical (unpaired) electrons. The van der Waals surface area contributed by atoms with Crippen LogP contribution in [0.5, 0.6) is 0 Å². The third-order valence-electron chi connectivity index (χ3n) is 5.31. The Labute approximate surface area is 185 Å². The van der Waals surface area contributed by atoms with E-state index in [4.69, 9.17) is 9.72 Å². The molecule has 162 valence electrons. The second-order valence-electron chi connectivity index (χ2n) is 7.56. The van der Waals surface area contributed by atoms with Crippen LogP contribution in [-0.2, 0) is 20.9 Å².